The maximum absolute atomic E-state index is 10.8. The lowest BCUT2D eigenvalue weighted by Crippen LogP contribution is -2.33. The summed E-state index contributed by atoms with van der Waals surface area (Å²) in [6.45, 7) is 5.64. The quantitative estimate of drug-likeness (QED) is 0.481. The number of aromatic nitrogens is 1. The van der Waals surface area contributed by atoms with Gasteiger partial charge in [0.25, 0.3) is 6.02 Å². The molecule has 0 radical (unpaired) electrons. The van der Waals surface area contributed by atoms with E-state index in [4.69, 9.17) is 4.74 Å². The van der Waals surface area contributed by atoms with Crippen molar-refractivity contribution >= 4 is 39.6 Å². The molecular weight excluding hydrogens is 386 g/mol. The second kappa shape index (κ2) is 7.93. The third-order valence-electron chi connectivity index (χ3n) is 5.75. The zero-order valence-corrected chi connectivity index (χ0v) is 17.7. The first kappa shape index (κ1) is 19.4. The predicted octanol–water partition coefficient (Wildman–Crippen LogP) is 5.51. The molecule has 0 aliphatic carbocycles. The average molecular weight is 412 g/mol. The molecule has 1 aliphatic heterocycles. The Morgan fingerprint density at radius 3 is 2.42 bits per heavy atom. The van der Waals surface area contributed by atoms with Crippen LogP contribution in [0, 0.1) is 0 Å². The molecular formula is C26H25N3O2. The summed E-state index contributed by atoms with van der Waals surface area (Å²) >= 11 is 0. The Bertz CT molecular complexity index is 1300. The van der Waals surface area contributed by atoms with Crippen molar-refractivity contribution in [3.05, 3.63) is 84.1 Å². The zero-order chi connectivity index (χ0) is 21.4. The molecule has 1 atom stereocenters. The summed E-state index contributed by atoms with van der Waals surface area (Å²) in [5.74, 6) is 0.482. The van der Waals surface area contributed by atoms with Gasteiger partial charge in [0.2, 0.25) is 0 Å². The van der Waals surface area contributed by atoms with Gasteiger partial charge < -0.3 is 14.4 Å². The Morgan fingerprint density at radius 2 is 1.65 bits per heavy atom. The number of aryl methyl sites for hydroxylation is 1. The molecule has 2 heterocycles. The summed E-state index contributed by atoms with van der Waals surface area (Å²) in [5.41, 5.74) is 4.22. The van der Waals surface area contributed by atoms with Crippen LogP contribution >= 0.6 is 0 Å². The second-order valence-corrected chi connectivity index (χ2v) is 7.58. The van der Waals surface area contributed by atoms with Gasteiger partial charge in [0.05, 0.1) is 5.69 Å². The van der Waals surface area contributed by atoms with Gasteiger partial charge in [-0.2, -0.15) is 4.99 Å². The van der Waals surface area contributed by atoms with E-state index in [2.05, 4.69) is 58.9 Å². The summed E-state index contributed by atoms with van der Waals surface area (Å²) < 4.78 is 8.32. The minimum absolute atomic E-state index is 0.413. The third-order valence-corrected chi connectivity index (χ3v) is 5.75. The number of likely N-dealkylation sites (N-methyl/N-ethyl adjacent to an activating group) is 1. The maximum atomic E-state index is 10.8. The van der Waals surface area contributed by atoms with Crippen molar-refractivity contribution in [3.63, 3.8) is 0 Å². The standard InChI is InChI=1S/C26H25N3O2/c1-3-28-22-13-9-8-12-20(22)21-16-18(14-15-23(21)28)17-24-25(30)29(4-2)26(31-24)27-19-10-6-5-7-11-19/h5-17,25,30H,3-4H2,1-2H3/b24-17+,27-26?. The fourth-order valence-electron chi connectivity index (χ4n) is 4.25. The minimum Gasteiger partial charge on any atom is -0.425 e. The van der Waals surface area contributed by atoms with Gasteiger partial charge in [-0.3, -0.25) is 4.90 Å². The number of aliphatic hydroxyl groups excluding tert-OH is 1. The van der Waals surface area contributed by atoms with Crippen LogP contribution in [0.2, 0.25) is 0 Å². The number of hydrogen-bond donors (Lipinski definition) is 1. The van der Waals surface area contributed by atoms with Gasteiger partial charge in [-0.1, -0.05) is 42.5 Å². The Balaban J connectivity index is 1.55. The number of ether oxygens (including phenoxy) is 1. The van der Waals surface area contributed by atoms with Crippen LogP contribution < -0.4 is 0 Å². The van der Waals surface area contributed by atoms with Crippen LogP contribution in [0.25, 0.3) is 27.9 Å². The number of aliphatic hydroxyl groups is 1. The van der Waals surface area contributed by atoms with Gasteiger partial charge >= 0.3 is 0 Å². The lowest BCUT2D eigenvalue weighted by molar-refractivity contribution is 0.0985. The van der Waals surface area contributed by atoms with Crippen molar-refractivity contribution in [2.45, 2.75) is 26.6 Å². The molecule has 5 heteroatoms. The number of amidine groups is 1. The maximum Gasteiger partial charge on any atom is 0.300 e. The van der Waals surface area contributed by atoms with E-state index < -0.39 is 6.23 Å². The molecule has 0 bridgehead atoms. The molecule has 3 aromatic carbocycles. The first-order chi connectivity index (χ1) is 15.2. The van der Waals surface area contributed by atoms with E-state index >= 15 is 0 Å². The minimum atomic E-state index is -0.861. The molecule has 156 valence electrons. The summed E-state index contributed by atoms with van der Waals surface area (Å²) in [4.78, 5) is 6.32. The number of aliphatic imine (C=N–C) groups is 1. The fourth-order valence-corrected chi connectivity index (χ4v) is 4.25. The molecule has 1 fully saturated rings. The highest BCUT2D eigenvalue weighted by atomic mass is 16.5. The first-order valence-corrected chi connectivity index (χ1v) is 10.7. The average Bonchev–Trinajstić information content (AvgIpc) is 3.28. The summed E-state index contributed by atoms with van der Waals surface area (Å²) in [5, 5.41) is 13.3. The van der Waals surface area contributed by atoms with Gasteiger partial charge in [-0.15, -0.1) is 0 Å². The highest BCUT2D eigenvalue weighted by molar-refractivity contribution is 6.08. The molecule has 0 amide bonds. The van der Waals surface area contributed by atoms with Crippen molar-refractivity contribution in [1.82, 2.24) is 9.47 Å². The zero-order valence-electron chi connectivity index (χ0n) is 17.7. The van der Waals surface area contributed by atoms with Gasteiger partial charge in [0.15, 0.2) is 12.0 Å². The van der Waals surface area contributed by atoms with Crippen LogP contribution in [0.1, 0.15) is 19.4 Å². The highest BCUT2D eigenvalue weighted by Crippen LogP contribution is 2.31. The van der Waals surface area contributed by atoms with Crippen LogP contribution in [-0.4, -0.2) is 33.4 Å². The summed E-state index contributed by atoms with van der Waals surface area (Å²) in [6.07, 6.45) is 1.04. The molecule has 1 N–H and O–H groups in total. The first-order valence-electron chi connectivity index (χ1n) is 10.7. The second-order valence-electron chi connectivity index (χ2n) is 7.58. The van der Waals surface area contributed by atoms with Crippen LogP contribution in [-0.2, 0) is 11.3 Å². The van der Waals surface area contributed by atoms with Crippen molar-refractivity contribution in [2.75, 3.05) is 6.54 Å². The summed E-state index contributed by atoms with van der Waals surface area (Å²) in [7, 11) is 0. The summed E-state index contributed by atoms with van der Waals surface area (Å²) in [6, 6.07) is 24.9. The number of benzene rings is 3. The normalized spacial score (nSPS) is 19.1. The van der Waals surface area contributed by atoms with Gasteiger partial charge in [-0.25, -0.2) is 0 Å². The molecule has 1 aromatic heterocycles. The number of fused-ring (bicyclic) bond motifs is 3. The van der Waals surface area contributed by atoms with Gasteiger partial charge in [-0.05, 0) is 55.8 Å². The molecule has 5 rings (SSSR count). The van der Waals surface area contributed by atoms with E-state index in [0.717, 1.165) is 17.8 Å². The van der Waals surface area contributed by atoms with E-state index in [1.54, 1.807) is 4.90 Å². The molecule has 1 saturated heterocycles. The fraction of sp³-hybridized carbons (Fsp3) is 0.192. The van der Waals surface area contributed by atoms with Crippen molar-refractivity contribution in [2.24, 2.45) is 4.99 Å². The lowest BCUT2D eigenvalue weighted by Gasteiger charge is -2.16. The largest absolute Gasteiger partial charge is 0.425 e. The molecule has 0 spiro atoms. The van der Waals surface area contributed by atoms with E-state index in [1.165, 1.54) is 21.8 Å². The van der Waals surface area contributed by atoms with Crippen molar-refractivity contribution < 1.29 is 9.84 Å². The smallest absolute Gasteiger partial charge is 0.300 e. The van der Waals surface area contributed by atoms with Gasteiger partial charge in [0.1, 0.15) is 0 Å². The van der Waals surface area contributed by atoms with Crippen molar-refractivity contribution in [1.29, 1.82) is 0 Å². The SMILES string of the molecule is CCN1C(=Nc2ccccc2)O/C(=C/c2ccc3c(c2)c2ccccc2n3CC)C1O. The van der Waals surface area contributed by atoms with Crippen molar-refractivity contribution in [3.8, 4) is 0 Å². The topological polar surface area (TPSA) is 50.0 Å². The molecule has 31 heavy (non-hydrogen) atoms. The van der Waals surface area contributed by atoms with E-state index in [1.807, 2.05) is 43.3 Å². The molecule has 4 aromatic rings. The van der Waals surface area contributed by atoms with E-state index in [0.29, 0.717) is 18.3 Å². The lowest BCUT2D eigenvalue weighted by atomic mass is 10.1. The number of nitrogens with zero attached hydrogens (tertiary/aromatic N) is 3. The Hall–Kier alpha value is -3.57. The third kappa shape index (κ3) is 3.37. The molecule has 1 unspecified atom stereocenters. The van der Waals surface area contributed by atoms with Crippen LogP contribution in [0.5, 0.6) is 0 Å². The van der Waals surface area contributed by atoms with E-state index in [-0.39, 0.29) is 0 Å². The Labute approximate surface area is 181 Å². The molecule has 0 saturated carbocycles. The number of para-hydroxylation sites is 2. The number of rotatable bonds is 4. The van der Waals surface area contributed by atoms with Gasteiger partial charge in [0, 0.05) is 34.9 Å². The predicted molar refractivity (Wildman–Crippen MR) is 126 cm³/mol. The Morgan fingerprint density at radius 1 is 0.903 bits per heavy atom. The van der Waals surface area contributed by atoms with E-state index in [9.17, 15) is 5.11 Å². The monoisotopic (exact) mass is 411 g/mol. The Kier molecular flexibility index (Phi) is 4.96. The highest BCUT2D eigenvalue weighted by Gasteiger charge is 2.33. The van der Waals surface area contributed by atoms with Crippen LogP contribution in [0.4, 0.5) is 5.69 Å². The van der Waals surface area contributed by atoms with Crippen LogP contribution in [0.3, 0.4) is 0 Å². The van der Waals surface area contributed by atoms with Crippen LogP contribution in [0.15, 0.2) is 83.5 Å². The molecule has 1 aliphatic rings. The number of hydrogen-bond acceptors (Lipinski definition) is 3. The molecule has 5 nitrogen and oxygen atoms in total.